The van der Waals surface area contributed by atoms with Gasteiger partial charge in [-0.15, -0.1) is 4.73 Å². The molecule has 1 atom stereocenters. The first-order valence-electron chi connectivity index (χ1n) is 8.76. The molecule has 2 aromatic rings. The molecule has 8 nitrogen and oxygen atoms in total. The van der Waals surface area contributed by atoms with Gasteiger partial charge in [-0.25, -0.2) is 0 Å². The summed E-state index contributed by atoms with van der Waals surface area (Å²) in [5, 5.41) is 37.6. The van der Waals surface area contributed by atoms with Gasteiger partial charge in [-0.1, -0.05) is 11.6 Å². The highest BCUT2D eigenvalue weighted by Crippen LogP contribution is 2.34. The molecule has 1 aromatic carbocycles. The first-order chi connectivity index (χ1) is 13.6. The second-order valence-corrected chi connectivity index (χ2v) is 7.10. The lowest BCUT2D eigenvalue weighted by atomic mass is 10.1. The zero-order chi connectivity index (χ0) is 21.5. The van der Waals surface area contributed by atoms with Crippen LogP contribution in [0.3, 0.4) is 0 Å². The number of benzene rings is 1. The summed E-state index contributed by atoms with van der Waals surface area (Å²) in [6, 6.07) is 1.99. The number of hydrogen-bond acceptors (Lipinski definition) is 6. The molecule has 0 bridgehead atoms. The molecule has 12 heteroatoms. The van der Waals surface area contributed by atoms with Crippen LogP contribution in [0, 0.1) is 10.4 Å². The number of hydrogen-bond donors (Lipinski definition) is 2. The summed E-state index contributed by atoms with van der Waals surface area (Å²) < 4.78 is 39.8. The second-order valence-electron chi connectivity index (χ2n) is 6.70. The van der Waals surface area contributed by atoms with Gasteiger partial charge in [-0.2, -0.15) is 17.9 Å². The number of aliphatic hydroxyl groups is 1. The molecular formula is C17H18ClF3N4O4. The Bertz CT molecular complexity index is 968. The van der Waals surface area contributed by atoms with Crippen molar-refractivity contribution >= 4 is 34.1 Å². The lowest BCUT2D eigenvalue weighted by Gasteiger charge is -2.38. The number of ketones is 1. The number of nitrogens with zero attached hydrogens (tertiary/aromatic N) is 3. The van der Waals surface area contributed by atoms with E-state index in [1.165, 1.54) is 0 Å². The molecule has 3 rings (SSSR count). The van der Waals surface area contributed by atoms with E-state index in [2.05, 4.69) is 5.32 Å². The van der Waals surface area contributed by atoms with E-state index in [1.807, 2.05) is 0 Å². The number of fused-ring (bicyclic) bond motifs is 1. The van der Waals surface area contributed by atoms with Gasteiger partial charge >= 0.3 is 17.6 Å². The Morgan fingerprint density at radius 3 is 2.59 bits per heavy atom. The van der Waals surface area contributed by atoms with Crippen molar-refractivity contribution in [1.29, 1.82) is 0 Å². The van der Waals surface area contributed by atoms with Crippen LogP contribution in [-0.4, -0.2) is 43.2 Å². The summed E-state index contributed by atoms with van der Waals surface area (Å²) in [7, 11) is 0. The van der Waals surface area contributed by atoms with E-state index in [-0.39, 0.29) is 28.1 Å². The maximum absolute atomic E-state index is 13.5. The smallest absolute Gasteiger partial charge is 0.486 e. The molecule has 1 fully saturated rings. The van der Waals surface area contributed by atoms with Gasteiger partial charge in [0.1, 0.15) is 0 Å². The molecule has 1 unspecified atom stereocenters. The highest BCUT2D eigenvalue weighted by atomic mass is 35.5. The minimum Gasteiger partial charge on any atom is -0.618 e. The summed E-state index contributed by atoms with van der Waals surface area (Å²) in [6.07, 6.45) is -4.84. The highest BCUT2D eigenvalue weighted by Gasteiger charge is 2.50. The number of halogens is 4. The third kappa shape index (κ3) is 3.77. The van der Waals surface area contributed by atoms with Crippen LogP contribution in [0.25, 0.3) is 11.0 Å². The molecule has 1 aliphatic rings. The Labute approximate surface area is 168 Å². The summed E-state index contributed by atoms with van der Waals surface area (Å²) in [4.78, 5) is 13.5. The average Bonchev–Trinajstić information content (AvgIpc) is 2.63. The molecule has 29 heavy (non-hydrogen) atoms. The van der Waals surface area contributed by atoms with Crippen molar-refractivity contribution in [2.75, 3.05) is 31.1 Å². The summed E-state index contributed by atoms with van der Waals surface area (Å²) >= 11 is 6.29. The molecule has 1 aliphatic heterocycles. The Morgan fingerprint density at radius 1 is 1.34 bits per heavy atom. The summed E-state index contributed by atoms with van der Waals surface area (Å²) in [6.45, 7) is 2.17. The number of nitrogens with one attached hydrogen (secondary N) is 1. The first-order valence-corrected chi connectivity index (χ1v) is 9.14. The topological polar surface area (TPSA) is 106 Å². The molecule has 1 saturated heterocycles. The van der Waals surface area contributed by atoms with Gasteiger partial charge in [0, 0.05) is 51.3 Å². The normalized spacial score (nSPS) is 17.7. The van der Waals surface area contributed by atoms with Crippen LogP contribution < -0.4 is 19.7 Å². The third-order valence-corrected chi connectivity index (χ3v) is 5.14. The number of rotatable bonds is 4. The quantitative estimate of drug-likeness (QED) is 0.424. The molecule has 0 radical (unpaired) electrons. The largest absolute Gasteiger partial charge is 0.618 e. The van der Waals surface area contributed by atoms with E-state index in [9.17, 15) is 33.5 Å². The fourth-order valence-corrected chi connectivity index (χ4v) is 3.83. The molecule has 158 valence electrons. The first kappa shape index (κ1) is 21.3. The van der Waals surface area contributed by atoms with E-state index < -0.39 is 39.1 Å². The Hall–Kier alpha value is -2.37. The third-order valence-electron chi connectivity index (χ3n) is 4.84. The van der Waals surface area contributed by atoms with E-state index in [4.69, 9.17) is 11.6 Å². The molecule has 2 N–H and O–H groups in total. The maximum atomic E-state index is 13.5. The van der Waals surface area contributed by atoms with Crippen LogP contribution in [0.15, 0.2) is 12.1 Å². The fourth-order valence-electron chi connectivity index (χ4n) is 3.56. The summed E-state index contributed by atoms with van der Waals surface area (Å²) in [5.41, 5.74) is -3.89. The molecule has 0 spiro atoms. The van der Waals surface area contributed by atoms with E-state index in [0.717, 1.165) is 19.1 Å². The number of aromatic nitrogens is 2. The molecular weight excluding hydrogens is 417 g/mol. The lowest BCUT2D eigenvalue weighted by molar-refractivity contribution is -0.647. The van der Waals surface area contributed by atoms with Crippen molar-refractivity contribution in [2.24, 2.45) is 0 Å². The van der Waals surface area contributed by atoms with Gasteiger partial charge in [-0.3, -0.25) is 4.79 Å². The monoisotopic (exact) mass is 434 g/mol. The summed E-state index contributed by atoms with van der Waals surface area (Å²) in [5.74, 6) is -1.19. The van der Waals surface area contributed by atoms with E-state index >= 15 is 0 Å². The number of aliphatic hydroxyl groups excluding tert-OH is 1. The molecule has 1 aromatic heterocycles. The number of carbonyl (C=O) groups excluding carboxylic acids is 1. The zero-order valence-electron chi connectivity index (χ0n) is 15.3. The Balaban J connectivity index is 2.30. The number of piperazine rings is 1. The Kier molecular flexibility index (Phi) is 5.74. The molecule has 2 heterocycles. The number of Topliss-reactive ketones (excluding diaryl/α,β-unsaturated/α-hetero) is 1. The predicted molar refractivity (Wildman–Crippen MR) is 97.6 cm³/mol. The zero-order valence-corrected chi connectivity index (χ0v) is 16.0. The standard InChI is InChI=1S/C17H18ClF3N4O4/c1-9(27)15-16(17(19,20)21)25(29)14-7-12(11(18)6-13(14)24(15)28)23-4-3-22-8-10(23)2-5-26/h6-7,10,22,26H,2-5,8H2,1H3. The van der Waals surface area contributed by atoms with Crippen LogP contribution in [0.4, 0.5) is 18.9 Å². The van der Waals surface area contributed by atoms with Gasteiger partial charge in [0.05, 0.1) is 10.7 Å². The van der Waals surface area contributed by atoms with Gasteiger partial charge in [0.25, 0.3) is 11.0 Å². The Morgan fingerprint density at radius 2 is 2.00 bits per heavy atom. The highest BCUT2D eigenvalue weighted by molar-refractivity contribution is 6.34. The predicted octanol–water partition coefficient (Wildman–Crippen LogP) is 1.14. The van der Waals surface area contributed by atoms with Crippen LogP contribution in [0.2, 0.25) is 5.02 Å². The number of alkyl halides is 3. The van der Waals surface area contributed by atoms with Crippen molar-refractivity contribution in [1.82, 2.24) is 5.32 Å². The minimum atomic E-state index is -5.21. The van der Waals surface area contributed by atoms with Gasteiger partial charge < -0.3 is 25.7 Å². The average molecular weight is 435 g/mol. The number of anilines is 1. The van der Waals surface area contributed by atoms with Crippen molar-refractivity contribution in [3.63, 3.8) is 0 Å². The number of carbonyl (C=O) groups is 1. The second kappa shape index (κ2) is 7.81. The molecule has 0 aliphatic carbocycles. The van der Waals surface area contributed by atoms with Crippen LogP contribution in [-0.2, 0) is 6.18 Å². The van der Waals surface area contributed by atoms with Crippen LogP contribution >= 0.6 is 11.6 Å². The van der Waals surface area contributed by atoms with Crippen molar-refractivity contribution in [3.05, 3.63) is 39.0 Å². The van der Waals surface area contributed by atoms with Gasteiger partial charge in [-0.05, 0) is 6.42 Å². The lowest BCUT2D eigenvalue weighted by Crippen LogP contribution is -2.52. The van der Waals surface area contributed by atoms with Gasteiger partial charge in [0.2, 0.25) is 5.78 Å². The van der Waals surface area contributed by atoms with Crippen molar-refractivity contribution in [2.45, 2.75) is 25.6 Å². The minimum absolute atomic E-state index is 0.0428. The van der Waals surface area contributed by atoms with Crippen molar-refractivity contribution < 1.29 is 32.5 Å². The maximum Gasteiger partial charge on any atom is 0.486 e. The molecule has 0 saturated carbocycles. The fraction of sp³-hybridized carbons (Fsp3) is 0.471. The SMILES string of the molecule is CC(=O)c1c(C(F)(F)F)[n+]([O-])c2cc(N3CCNCC3CCO)c(Cl)cc2[n+]1[O-]. The van der Waals surface area contributed by atoms with E-state index in [0.29, 0.717) is 26.1 Å². The van der Waals surface area contributed by atoms with Gasteiger partial charge in [0.15, 0.2) is 0 Å². The van der Waals surface area contributed by atoms with Crippen molar-refractivity contribution in [3.8, 4) is 0 Å². The molecule has 0 amide bonds. The van der Waals surface area contributed by atoms with E-state index in [1.54, 1.807) is 4.90 Å². The van der Waals surface area contributed by atoms with Crippen LogP contribution in [0.1, 0.15) is 29.5 Å². The van der Waals surface area contributed by atoms with Crippen LogP contribution in [0.5, 0.6) is 0 Å².